The number of nitrogens with zero attached hydrogens (tertiary/aromatic N) is 3. The molecule has 3 fully saturated rings. The van der Waals surface area contributed by atoms with Gasteiger partial charge in [0.1, 0.15) is 0 Å². The molecule has 0 radical (unpaired) electrons. The van der Waals surface area contributed by atoms with Crippen molar-refractivity contribution < 1.29 is 4.79 Å². The van der Waals surface area contributed by atoms with Crippen molar-refractivity contribution in [3.05, 3.63) is 41.7 Å². The Morgan fingerprint density at radius 1 is 1.36 bits per heavy atom. The number of allylic oxidation sites excluding steroid dienone is 1. The molecule has 2 aromatic rings. The van der Waals surface area contributed by atoms with Crippen LogP contribution in [0.2, 0.25) is 0 Å². The molecule has 0 aromatic carbocycles. The normalized spacial score (nSPS) is 31.2. The number of amides is 1. The summed E-state index contributed by atoms with van der Waals surface area (Å²) in [7, 11) is 0. The number of hydrogen-bond acceptors (Lipinski definition) is 3. The molecule has 0 aliphatic heterocycles. The first kappa shape index (κ1) is 17.5. The highest BCUT2D eigenvalue weighted by Crippen LogP contribution is 2.59. The van der Waals surface area contributed by atoms with Crippen molar-refractivity contribution in [3.63, 3.8) is 0 Å². The van der Waals surface area contributed by atoms with Crippen LogP contribution in [-0.4, -0.2) is 22.1 Å². The summed E-state index contributed by atoms with van der Waals surface area (Å²) in [6.07, 6.45) is 14.4. The highest BCUT2D eigenvalue weighted by molar-refractivity contribution is 6.00. The van der Waals surface area contributed by atoms with Gasteiger partial charge in [-0.15, -0.1) is 0 Å². The van der Waals surface area contributed by atoms with E-state index in [0.29, 0.717) is 16.7 Å². The number of carbonyl (C=O) groups excluding carboxylic acids is 1. The summed E-state index contributed by atoms with van der Waals surface area (Å²) in [4.78, 5) is 13.0. The third-order valence-corrected chi connectivity index (χ3v) is 7.32. The fourth-order valence-electron chi connectivity index (χ4n) is 6.33. The number of carbonyl (C=O) groups is 1. The van der Waals surface area contributed by atoms with Crippen LogP contribution in [-0.2, 0) is 0 Å². The molecule has 3 saturated carbocycles. The van der Waals surface area contributed by atoms with E-state index in [4.69, 9.17) is 5.26 Å². The predicted molar refractivity (Wildman–Crippen MR) is 107 cm³/mol. The number of nitriles is 1. The molecule has 3 bridgehead atoms. The van der Waals surface area contributed by atoms with E-state index in [-0.39, 0.29) is 5.91 Å². The van der Waals surface area contributed by atoms with E-state index in [1.54, 1.807) is 10.6 Å². The maximum atomic E-state index is 13.0. The molecule has 2 aromatic heterocycles. The van der Waals surface area contributed by atoms with Crippen molar-refractivity contribution in [1.82, 2.24) is 14.9 Å². The molecule has 0 saturated heterocycles. The highest BCUT2D eigenvalue weighted by atomic mass is 16.1. The average molecular weight is 374 g/mol. The number of aromatic nitrogens is 2. The largest absolute Gasteiger partial charge is 0.351 e. The van der Waals surface area contributed by atoms with E-state index >= 15 is 0 Å². The van der Waals surface area contributed by atoms with Crippen LogP contribution in [0.4, 0.5) is 0 Å². The third-order valence-electron chi connectivity index (χ3n) is 7.32. The number of fused-ring (bicyclic) bond motifs is 3. The molecule has 1 amide bonds. The molecular formula is C23H26N4O. The van der Waals surface area contributed by atoms with Gasteiger partial charge < -0.3 is 5.32 Å². The zero-order valence-electron chi connectivity index (χ0n) is 16.1. The number of nitrogens with one attached hydrogen (secondary N) is 1. The highest BCUT2D eigenvalue weighted by Gasteiger charge is 2.51. The molecule has 0 spiro atoms. The Morgan fingerprint density at radius 2 is 2.25 bits per heavy atom. The van der Waals surface area contributed by atoms with Gasteiger partial charge in [-0.1, -0.05) is 19.3 Å². The van der Waals surface area contributed by atoms with Crippen LogP contribution in [0.5, 0.6) is 0 Å². The van der Waals surface area contributed by atoms with Crippen LogP contribution in [0.25, 0.3) is 11.6 Å². The van der Waals surface area contributed by atoms with Gasteiger partial charge in [-0.2, -0.15) is 10.4 Å². The van der Waals surface area contributed by atoms with Crippen molar-refractivity contribution in [2.75, 3.05) is 6.54 Å². The Labute approximate surface area is 165 Å². The SMILES string of the molecule is N#CC=Cc1cc2c(C(=O)NCC34CC5CCCC(C3)C(C5)C4)cccn2n1. The number of pyridine rings is 1. The molecule has 1 N–H and O–H groups in total. The fourth-order valence-corrected chi connectivity index (χ4v) is 6.33. The minimum atomic E-state index is -0.0186. The van der Waals surface area contributed by atoms with Gasteiger partial charge in [-0.3, -0.25) is 4.79 Å². The molecular weight excluding hydrogens is 348 g/mol. The van der Waals surface area contributed by atoms with E-state index in [0.717, 1.165) is 29.8 Å². The molecule has 28 heavy (non-hydrogen) atoms. The van der Waals surface area contributed by atoms with Crippen molar-refractivity contribution in [2.45, 2.75) is 44.9 Å². The molecule has 3 aliphatic carbocycles. The molecule has 3 aliphatic rings. The zero-order valence-corrected chi connectivity index (χ0v) is 16.1. The summed E-state index contributed by atoms with van der Waals surface area (Å²) in [5, 5.41) is 16.4. The van der Waals surface area contributed by atoms with E-state index in [1.165, 1.54) is 51.0 Å². The van der Waals surface area contributed by atoms with Gasteiger partial charge in [-0.25, -0.2) is 4.52 Å². The van der Waals surface area contributed by atoms with E-state index in [2.05, 4.69) is 10.4 Å². The summed E-state index contributed by atoms with van der Waals surface area (Å²) in [6, 6.07) is 7.54. The van der Waals surface area contributed by atoms with Crippen LogP contribution < -0.4 is 5.32 Å². The fraction of sp³-hybridized carbons (Fsp3) is 0.522. The maximum Gasteiger partial charge on any atom is 0.253 e. The lowest BCUT2D eigenvalue weighted by molar-refractivity contribution is 0.0892. The Bertz CT molecular complexity index is 980. The molecule has 144 valence electrons. The first-order valence-electron chi connectivity index (χ1n) is 10.5. The molecule has 4 atom stereocenters. The Balaban J connectivity index is 1.34. The second kappa shape index (κ2) is 6.77. The van der Waals surface area contributed by atoms with Gasteiger partial charge in [-0.05, 0) is 73.1 Å². The number of rotatable bonds is 4. The van der Waals surface area contributed by atoms with Crippen molar-refractivity contribution >= 4 is 17.5 Å². The van der Waals surface area contributed by atoms with Gasteiger partial charge in [0.05, 0.1) is 22.8 Å². The zero-order chi connectivity index (χ0) is 19.1. The van der Waals surface area contributed by atoms with E-state index in [1.807, 2.05) is 30.5 Å². The van der Waals surface area contributed by atoms with Gasteiger partial charge in [0, 0.05) is 18.8 Å². The second-order valence-electron chi connectivity index (χ2n) is 9.13. The van der Waals surface area contributed by atoms with Crippen LogP contribution in [0.3, 0.4) is 0 Å². The van der Waals surface area contributed by atoms with Crippen LogP contribution in [0.1, 0.15) is 61.0 Å². The topological polar surface area (TPSA) is 70.2 Å². The molecule has 5 nitrogen and oxygen atoms in total. The lowest BCUT2D eigenvalue weighted by Crippen LogP contribution is -2.39. The first-order chi connectivity index (χ1) is 13.7. The lowest BCUT2D eigenvalue weighted by Gasteiger charge is -2.38. The Kier molecular flexibility index (Phi) is 4.23. The molecule has 4 unspecified atom stereocenters. The van der Waals surface area contributed by atoms with Gasteiger partial charge in [0.25, 0.3) is 5.91 Å². The lowest BCUT2D eigenvalue weighted by atomic mass is 9.69. The smallest absolute Gasteiger partial charge is 0.253 e. The van der Waals surface area contributed by atoms with Gasteiger partial charge in [0.15, 0.2) is 0 Å². The van der Waals surface area contributed by atoms with Crippen molar-refractivity contribution in [3.8, 4) is 6.07 Å². The van der Waals surface area contributed by atoms with Crippen LogP contribution in [0, 0.1) is 34.5 Å². The summed E-state index contributed by atoms with van der Waals surface area (Å²) in [6.45, 7) is 0.797. The monoisotopic (exact) mass is 374 g/mol. The molecule has 5 rings (SSSR count). The van der Waals surface area contributed by atoms with Gasteiger partial charge in [0.2, 0.25) is 0 Å². The Morgan fingerprint density at radius 3 is 3.14 bits per heavy atom. The van der Waals surface area contributed by atoms with Crippen LogP contribution in [0.15, 0.2) is 30.5 Å². The summed E-state index contributed by atoms with van der Waals surface area (Å²) < 4.78 is 1.71. The summed E-state index contributed by atoms with van der Waals surface area (Å²) in [5.41, 5.74) is 2.42. The van der Waals surface area contributed by atoms with Crippen molar-refractivity contribution in [2.24, 2.45) is 23.2 Å². The third kappa shape index (κ3) is 3.01. The first-order valence-corrected chi connectivity index (χ1v) is 10.5. The minimum absolute atomic E-state index is 0.0186. The maximum absolute atomic E-state index is 13.0. The van der Waals surface area contributed by atoms with E-state index in [9.17, 15) is 4.79 Å². The Hall–Kier alpha value is -2.61. The predicted octanol–water partition coefficient (Wildman–Crippen LogP) is 4.21. The molecule has 5 heteroatoms. The molecule has 2 heterocycles. The minimum Gasteiger partial charge on any atom is -0.351 e. The average Bonchev–Trinajstić information content (AvgIpc) is 3.17. The quantitative estimate of drug-likeness (QED) is 0.815. The summed E-state index contributed by atoms with van der Waals surface area (Å²) in [5.74, 6) is 2.63. The summed E-state index contributed by atoms with van der Waals surface area (Å²) >= 11 is 0. The van der Waals surface area contributed by atoms with Crippen LogP contribution >= 0.6 is 0 Å². The van der Waals surface area contributed by atoms with E-state index < -0.39 is 0 Å². The van der Waals surface area contributed by atoms with Gasteiger partial charge >= 0.3 is 0 Å². The van der Waals surface area contributed by atoms with Crippen molar-refractivity contribution in [1.29, 1.82) is 5.26 Å². The standard InChI is InChI=1S/C23H26N4O/c24-8-2-6-19-11-21-20(7-3-9-27(21)26-19)22(28)25-15-23-12-16-4-1-5-17(13-23)18(10-16)14-23/h2-3,6-7,9,11,16-18H,1,4-5,10,12-15H2,(H,25,28). The second-order valence-corrected chi connectivity index (χ2v) is 9.13. The number of hydrogen-bond donors (Lipinski definition) is 1.